The Balaban J connectivity index is 2.58. The van der Waals surface area contributed by atoms with Gasteiger partial charge in [-0.15, -0.1) is 0 Å². The van der Waals surface area contributed by atoms with Gasteiger partial charge in [-0.3, -0.25) is 0 Å². The highest BCUT2D eigenvalue weighted by molar-refractivity contribution is 4.93. The van der Waals surface area contributed by atoms with Crippen molar-refractivity contribution >= 4 is 0 Å². The van der Waals surface area contributed by atoms with Gasteiger partial charge in [-0.1, -0.05) is 41.5 Å². The van der Waals surface area contributed by atoms with Crippen molar-refractivity contribution in [2.24, 2.45) is 35.5 Å². The van der Waals surface area contributed by atoms with Crippen LogP contribution in [0.3, 0.4) is 0 Å². The van der Waals surface area contributed by atoms with E-state index in [9.17, 15) is 0 Å². The fourth-order valence-electron chi connectivity index (χ4n) is 3.17. The summed E-state index contributed by atoms with van der Waals surface area (Å²) in [4.78, 5) is 0. The van der Waals surface area contributed by atoms with E-state index < -0.39 is 0 Å². The standard InChI is InChI=1S/C13H26/c1-8(2)11-7-12(9(3)4)13(11)10(5)6/h8-13H,7H2,1-6H3. The molecule has 0 bridgehead atoms. The van der Waals surface area contributed by atoms with Gasteiger partial charge < -0.3 is 0 Å². The molecule has 78 valence electrons. The van der Waals surface area contributed by atoms with Crippen molar-refractivity contribution in [2.75, 3.05) is 0 Å². The molecule has 0 heteroatoms. The van der Waals surface area contributed by atoms with Crippen molar-refractivity contribution in [1.29, 1.82) is 0 Å². The molecule has 0 heterocycles. The third-order valence-corrected chi connectivity index (χ3v) is 4.02. The zero-order valence-corrected chi connectivity index (χ0v) is 10.2. The molecule has 0 spiro atoms. The summed E-state index contributed by atoms with van der Waals surface area (Å²) in [5.74, 6) is 5.68. The summed E-state index contributed by atoms with van der Waals surface area (Å²) in [5.41, 5.74) is 0. The molecule has 0 aliphatic heterocycles. The van der Waals surface area contributed by atoms with E-state index >= 15 is 0 Å². The summed E-state index contributed by atoms with van der Waals surface area (Å²) in [6, 6.07) is 0. The minimum Gasteiger partial charge on any atom is -0.0625 e. The smallest absolute Gasteiger partial charge is 0.0329 e. The Morgan fingerprint density at radius 1 is 0.692 bits per heavy atom. The molecule has 2 atom stereocenters. The van der Waals surface area contributed by atoms with Crippen LogP contribution in [0.25, 0.3) is 0 Å². The van der Waals surface area contributed by atoms with Crippen molar-refractivity contribution in [1.82, 2.24) is 0 Å². The van der Waals surface area contributed by atoms with Gasteiger partial charge in [-0.2, -0.15) is 0 Å². The first-order chi connectivity index (χ1) is 5.95. The average molecular weight is 182 g/mol. The fourth-order valence-corrected chi connectivity index (χ4v) is 3.17. The third-order valence-electron chi connectivity index (χ3n) is 4.02. The van der Waals surface area contributed by atoms with Gasteiger partial charge in [0.1, 0.15) is 0 Å². The molecule has 0 aromatic heterocycles. The van der Waals surface area contributed by atoms with Crippen LogP contribution >= 0.6 is 0 Å². The van der Waals surface area contributed by atoms with E-state index in [0.29, 0.717) is 0 Å². The average Bonchev–Trinajstić information content (AvgIpc) is 1.79. The zero-order valence-electron chi connectivity index (χ0n) is 10.2. The molecule has 1 rings (SSSR count). The highest BCUT2D eigenvalue weighted by Crippen LogP contribution is 2.51. The monoisotopic (exact) mass is 182 g/mol. The zero-order chi connectivity index (χ0) is 10.2. The Kier molecular flexibility index (Phi) is 3.43. The molecule has 1 fully saturated rings. The first kappa shape index (κ1) is 11.1. The van der Waals surface area contributed by atoms with Gasteiger partial charge in [0.2, 0.25) is 0 Å². The predicted octanol–water partition coefficient (Wildman–Crippen LogP) is 4.21. The lowest BCUT2D eigenvalue weighted by Gasteiger charge is -2.51. The molecule has 1 aliphatic rings. The summed E-state index contributed by atoms with van der Waals surface area (Å²) in [7, 11) is 0. The third kappa shape index (κ3) is 2.08. The molecular formula is C13H26. The lowest BCUT2D eigenvalue weighted by molar-refractivity contribution is -0.0271. The van der Waals surface area contributed by atoms with Crippen molar-refractivity contribution < 1.29 is 0 Å². The van der Waals surface area contributed by atoms with E-state index in [1.807, 2.05) is 0 Å². The van der Waals surface area contributed by atoms with Gasteiger partial charge in [-0.25, -0.2) is 0 Å². The normalized spacial score (nSPS) is 34.4. The van der Waals surface area contributed by atoms with E-state index in [1.54, 1.807) is 0 Å². The molecule has 13 heavy (non-hydrogen) atoms. The van der Waals surface area contributed by atoms with Crippen molar-refractivity contribution in [3.05, 3.63) is 0 Å². The van der Waals surface area contributed by atoms with E-state index in [4.69, 9.17) is 0 Å². The number of rotatable bonds is 3. The van der Waals surface area contributed by atoms with Crippen LogP contribution in [0.2, 0.25) is 0 Å². The van der Waals surface area contributed by atoms with Crippen molar-refractivity contribution in [3.63, 3.8) is 0 Å². The van der Waals surface area contributed by atoms with Crippen LogP contribution in [0.4, 0.5) is 0 Å². The Morgan fingerprint density at radius 2 is 1.08 bits per heavy atom. The Morgan fingerprint density at radius 3 is 1.31 bits per heavy atom. The molecule has 1 saturated carbocycles. The minimum atomic E-state index is 0.883. The lowest BCUT2D eigenvalue weighted by Crippen LogP contribution is -2.45. The largest absolute Gasteiger partial charge is 0.0625 e. The van der Waals surface area contributed by atoms with Crippen molar-refractivity contribution in [3.8, 4) is 0 Å². The molecule has 0 radical (unpaired) electrons. The maximum absolute atomic E-state index is 2.40. The van der Waals surface area contributed by atoms with Gasteiger partial charge in [-0.05, 0) is 41.9 Å². The van der Waals surface area contributed by atoms with Gasteiger partial charge in [0.15, 0.2) is 0 Å². The molecule has 0 saturated heterocycles. The molecule has 0 nitrogen and oxygen atoms in total. The number of hydrogen-bond donors (Lipinski definition) is 0. The molecule has 2 unspecified atom stereocenters. The van der Waals surface area contributed by atoms with Crippen LogP contribution in [-0.4, -0.2) is 0 Å². The Bertz CT molecular complexity index is 141. The summed E-state index contributed by atoms with van der Waals surface area (Å²) >= 11 is 0. The molecule has 0 aromatic rings. The van der Waals surface area contributed by atoms with Crippen LogP contribution in [0.5, 0.6) is 0 Å². The first-order valence-electron chi connectivity index (χ1n) is 5.95. The second-order valence-electron chi connectivity index (χ2n) is 5.87. The predicted molar refractivity (Wildman–Crippen MR) is 59.6 cm³/mol. The van der Waals surface area contributed by atoms with Gasteiger partial charge in [0.05, 0.1) is 0 Å². The highest BCUT2D eigenvalue weighted by Gasteiger charge is 2.44. The summed E-state index contributed by atoms with van der Waals surface area (Å²) in [5, 5.41) is 0. The lowest BCUT2D eigenvalue weighted by atomic mass is 9.54. The number of hydrogen-bond acceptors (Lipinski definition) is 0. The van der Waals surface area contributed by atoms with Crippen LogP contribution in [-0.2, 0) is 0 Å². The Hall–Kier alpha value is 0. The summed E-state index contributed by atoms with van der Waals surface area (Å²) in [6.45, 7) is 14.3. The second kappa shape index (κ2) is 4.02. The highest BCUT2D eigenvalue weighted by atomic mass is 14.5. The van der Waals surface area contributed by atoms with Crippen LogP contribution in [0.15, 0.2) is 0 Å². The van der Waals surface area contributed by atoms with Gasteiger partial charge >= 0.3 is 0 Å². The Labute approximate surface area is 84.1 Å². The van der Waals surface area contributed by atoms with E-state index in [-0.39, 0.29) is 0 Å². The molecule has 0 aromatic carbocycles. The van der Waals surface area contributed by atoms with Crippen molar-refractivity contribution in [2.45, 2.75) is 48.0 Å². The van der Waals surface area contributed by atoms with Crippen LogP contribution < -0.4 is 0 Å². The second-order valence-corrected chi connectivity index (χ2v) is 5.87. The van der Waals surface area contributed by atoms with Crippen LogP contribution in [0.1, 0.15) is 48.0 Å². The fraction of sp³-hybridized carbons (Fsp3) is 1.00. The van der Waals surface area contributed by atoms with Crippen LogP contribution in [0, 0.1) is 35.5 Å². The van der Waals surface area contributed by atoms with E-state index in [2.05, 4.69) is 41.5 Å². The topological polar surface area (TPSA) is 0 Å². The maximum Gasteiger partial charge on any atom is -0.0329 e. The van der Waals surface area contributed by atoms with Gasteiger partial charge in [0.25, 0.3) is 0 Å². The molecular weight excluding hydrogens is 156 g/mol. The maximum atomic E-state index is 2.40. The van der Waals surface area contributed by atoms with Gasteiger partial charge in [0, 0.05) is 0 Å². The molecule has 0 amide bonds. The SMILES string of the molecule is CC(C)C1CC(C(C)C)C1C(C)C. The molecule has 1 aliphatic carbocycles. The first-order valence-corrected chi connectivity index (χ1v) is 5.95. The minimum absolute atomic E-state index is 0.883. The summed E-state index contributed by atoms with van der Waals surface area (Å²) in [6.07, 6.45) is 1.48. The quantitative estimate of drug-likeness (QED) is 0.613. The molecule has 0 N–H and O–H groups in total. The van der Waals surface area contributed by atoms with E-state index in [0.717, 1.165) is 35.5 Å². The summed E-state index contributed by atoms with van der Waals surface area (Å²) < 4.78 is 0. The van der Waals surface area contributed by atoms with E-state index in [1.165, 1.54) is 6.42 Å².